The van der Waals surface area contributed by atoms with Crippen molar-refractivity contribution in [3.05, 3.63) is 101 Å². The van der Waals surface area contributed by atoms with Crippen LogP contribution >= 0.6 is 0 Å². The van der Waals surface area contributed by atoms with Crippen molar-refractivity contribution in [1.82, 2.24) is 9.80 Å². The van der Waals surface area contributed by atoms with E-state index in [2.05, 4.69) is 34.1 Å². The number of amides is 1. The Morgan fingerprint density at radius 1 is 0.973 bits per heavy atom. The Kier molecular flexibility index (Phi) is 8.20. The maximum absolute atomic E-state index is 14.5. The summed E-state index contributed by atoms with van der Waals surface area (Å²) in [5, 5.41) is 0. The van der Waals surface area contributed by atoms with Crippen LogP contribution in [0.2, 0.25) is 0 Å². The van der Waals surface area contributed by atoms with Gasteiger partial charge in [0.25, 0.3) is 0 Å². The first-order chi connectivity index (χ1) is 18.1. The van der Waals surface area contributed by atoms with Crippen LogP contribution in [0.3, 0.4) is 0 Å². The zero-order valence-corrected chi connectivity index (χ0v) is 21.7. The van der Waals surface area contributed by atoms with Gasteiger partial charge in [-0.1, -0.05) is 73.5 Å². The molecule has 0 aromatic heterocycles. The molecule has 4 nitrogen and oxygen atoms in total. The van der Waals surface area contributed by atoms with E-state index >= 15 is 0 Å². The van der Waals surface area contributed by atoms with Crippen molar-refractivity contribution in [3.63, 3.8) is 0 Å². The largest absolute Gasteiger partial charge is 0.497 e. The Bertz CT molecular complexity index is 1180. The number of likely N-dealkylation sites (tertiary alicyclic amines) is 1. The third-order valence-corrected chi connectivity index (χ3v) is 8.08. The molecule has 1 aliphatic heterocycles. The number of benzene rings is 3. The number of hydrogen-bond donors (Lipinski definition) is 0. The van der Waals surface area contributed by atoms with Gasteiger partial charge in [-0.2, -0.15) is 0 Å². The van der Waals surface area contributed by atoms with E-state index in [1.165, 1.54) is 11.6 Å². The van der Waals surface area contributed by atoms with Gasteiger partial charge in [0.1, 0.15) is 11.6 Å². The van der Waals surface area contributed by atoms with Gasteiger partial charge in [0.2, 0.25) is 5.91 Å². The molecular formula is C32H37FN2O2. The van der Waals surface area contributed by atoms with Crippen molar-refractivity contribution in [3.8, 4) is 5.75 Å². The van der Waals surface area contributed by atoms with Crippen LogP contribution in [0.25, 0.3) is 0 Å². The molecule has 3 aromatic rings. The van der Waals surface area contributed by atoms with Crippen LogP contribution in [0.5, 0.6) is 5.75 Å². The summed E-state index contributed by atoms with van der Waals surface area (Å²) in [5.41, 5.74) is 3.09. The SMILES string of the molecule is COc1cccc(C2CN(Cc3ccccc3F)CC2CN(Cc2ccccc2)C(=O)C2CCCC2)c1. The Morgan fingerprint density at radius 2 is 1.73 bits per heavy atom. The van der Waals surface area contributed by atoms with Crippen molar-refractivity contribution in [1.29, 1.82) is 0 Å². The summed E-state index contributed by atoms with van der Waals surface area (Å²) in [5.74, 6) is 1.58. The Balaban J connectivity index is 1.41. The van der Waals surface area contributed by atoms with Gasteiger partial charge >= 0.3 is 0 Å². The highest BCUT2D eigenvalue weighted by molar-refractivity contribution is 5.79. The third-order valence-electron chi connectivity index (χ3n) is 8.08. The van der Waals surface area contributed by atoms with E-state index in [4.69, 9.17) is 4.74 Å². The second kappa shape index (κ2) is 11.9. The Hall–Kier alpha value is -3.18. The highest BCUT2D eigenvalue weighted by Gasteiger charge is 2.37. The van der Waals surface area contributed by atoms with Crippen molar-refractivity contribution < 1.29 is 13.9 Å². The molecule has 3 aromatic carbocycles. The lowest BCUT2D eigenvalue weighted by atomic mass is 9.88. The van der Waals surface area contributed by atoms with Gasteiger partial charge < -0.3 is 9.64 Å². The molecule has 1 amide bonds. The number of methoxy groups -OCH3 is 1. The van der Waals surface area contributed by atoms with E-state index < -0.39 is 0 Å². The zero-order valence-electron chi connectivity index (χ0n) is 21.7. The predicted octanol–water partition coefficient (Wildman–Crippen LogP) is 6.27. The number of carbonyl (C=O) groups is 1. The molecule has 1 aliphatic carbocycles. The Labute approximate surface area is 220 Å². The maximum atomic E-state index is 14.5. The molecule has 194 valence electrons. The fourth-order valence-corrected chi connectivity index (χ4v) is 6.14. The zero-order chi connectivity index (χ0) is 25.6. The number of halogens is 1. The smallest absolute Gasteiger partial charge is 0.225 e. The molecule has 2 atom stereocenters. The molecule has 1 heterocycles. The molecule has 2 unspecified atom stereocenters. The molecule has 0 bridgehead atoms. The average Bonchev–Trinajstić information content (AvgIpc) is 3.60. The number of rotatable bonds is 9. The van der Waals surface area contributed by atoms with Gasteiger partial charge in [-0.3, -0.25) is 9.69 Å². The minimum atomic E-state index is -0.161. The van der Waals surface area contributed by atoms with E-state index in [9.17, 15) is 9.18 Å². The third kappa shape index (κ3) is 6.22. The summed E-state index contributed by atoms with van der Waals surface area (Å²) in [6, 6.07) is 25.6. The molecule has 1 saturated heterocycles. The summed E-state index contributed by atoms with van der Waals surface area (Å²) in [6.45, 7) is 3.53. The van der Waals surface area contributed by atoms with Crippen LogP contribution in [0.4, 0.5) is 4.39 Å². The molecule has 0 spiro atoms. The number of hydrogen-bond acceptors (Lipinski definition) is 3. The van der Waals surface area contributed by atoms with Gasteiger partial charge in [0.05, 0.1) is 7.11 Å². The van der Waals surface area contributed by atoms with Gasteiger partial charge in [0, 0.05) is 50.1 Å². The Morgan fingerprint density at radius 3 is 2.49 bits per heavy atom. The quantitative estimate of drug-likeness (QED) is 0.347. The van der Waals surface area contributed by atoms with Crippen LogP contribution in [-0.4, -0.2) is 42.5 Å². The van der Waals surface area contributed by atoms with Crippen molar-refractivity contribution in [2.45, 2.75) is 44.7 Å². The van der Waals surface area contributed by atoms with Crippen molar-refractivity contribution in [2.24, 2.45) is 11.8 Å². The first-order valence-electron chi connectivity index (χ1n) is 13.5. The molecule has 5 heteroatoms. The van der Waals surface area contributed by atoms with Crippen LogP contribution in [0, 0.1) is 17.7 Å². The number of carbonyl (C=O) groups excluding carboxylic acids is 1. The molecule has 37 heavy (non-hydrogen) atoms. The van der Waals surface area contributed by atoms with Crippen molar-refractivity contribution in [2.75, 3.05) is 26.7 Å². The molecule has 2 fully saturated rings. The van der Waals surface area contributed by atoms with Crippen LogP contribution in [0.15, 0.2) is 78.9 Å². The topological polar surface area (TPSA) is 32.8 Å². The second-order valence-electron chi connectivity index (χ2n) is 10.6. The molecule has 0 radical (unpaired) electrons. The van der Waals surface area contributed by atoms with E-state index in [1.807, 2.05) is 42.5 Å². The maximum Gasteiger partial charge on any atom is 0.225 e. The van der Waals surface area contributed by atoms with Gasteiger partial charge in [-0.15, -0.1) is 0 Å². The van der Waals surface area contributed by atoms with Gasteiger partial charge in [-0.05, 0) is 48.1 Å². The minimum Gasteiger partial charge on any atom is -0.497 e. The fraction of sp³-hybridized carbons (Fsp3) is 0.406. The summed E-state index contributed by atoms with van der Waals surface area (Å²) >= 11 is 0. The fourth-order valence-electron chi connectivity index (χ4n) is 6.14. The van der Waals surface area contributed by atoms with E-state index in [-0.39, 0.29) is 23.6 Å². The minimum absolute atomic E-state index is 0.134. The summed E-state index contributed by atoms with van der Waals surface area (Å²) < 4.78 is 20.0. The number of nitrogens with zero attached hydrogens (tertiary/aromatic N) is 2. The predicted molar refractivity (Wildman–Crippen MR) is 145 cm³/mol. The monoisotopic (exact) mass is 500 g/mol. The van der Waals surface area contributed by atoms with Gasteiger partial charge in [-0.25, -0.2) is 4.39 Å². The van der Waals surface area contributed by atoms with Crippen LogP contribution in [-0.2, 0) is 17.9 Å². The summed E-state index contributed by atoms with van der Waals surface area (Å²) in [4.78, 5) is 18.2. The van der Waals surface area contributed by atoms with E-state index in [0.717, 1.165) is 55.6 Å². The van der Waals surface area contributed by atoms with Crippen LogP contribution in [0.1, 0.15) is 48.3 Å². The van der Waals surface area contributed by atoms with E-state index in [0.29, 0.717) is 25.5 Å². The standard InChI is InChI=1S/C32H37FN2O2/c1-37-29-16-9-15-26(18-29)30-23-34(20-27-14-7-8-17-31(27)33)21-28(30)22-35(19-24-10-3-2-4-11-24)32(36)25-12-5-6-13-25/h2-4,7-11,14-18,25,28,30H,5-6,12-13,19-23H2,1H3. The second-order valence-corrected chi connectivity index (χ2v) is 10.6. The highest BCUT2D eigenvalue weighted by atomic mass is 19.1. The summed E-state index contributed by atoms with van der Waals surface area (Å²) in [6.07, 6.45) is 4.27. The lowest BCUT2D eigenvalue weighted by Crippen LogP contribution is -2.40. The number of ether oxygens (including phenoxy) is 1. The highest BCUT2D eigenvalue weighted by Crippen LogP contribution is 2.37. The lowest BCUT2D eigenvalue weighted by Gasteiger charge is -2.31. The first-order valence-corrected chi connectivity index (χ1v) is 13.5. The van der Waals surface area contributed by atoms with Gasteiger partial charge in [0.15, 0.2) is 0 Å². The van der Waals surface area contributed by atoms with Crippen molar-refractivity contribution >= 4 is 5.91 Å². The molecule has 2 aliphatic rings. The normalized spacial score (nSPS) is 20.3. The lowest BCUT2D eigenvalue weighted by molar-refractivity contribution is -0.136. The molecule has 0 N–H and O–H groups in total. The average molecular weight is 501 g/mol. The molecule has 1 saturated carbocycles. The summed E-state index contributed by atoms with van der Waals surface area (Å²) in [7, 11) is 1.69. The molecule has 5 rings (SSSR count). The first kappa shape index (κ1) is 25.5. The molecular weight excluding hydrogens is 463 g/mol. The van der Waals surface area contributed by atoms with E-state index in [1.54, 1.807) is 13.2 Å². The van der Waals surface area contributed by atoms with Crippen LogP contribution < -0.4 is 4.74 Å².